The van der Waals surface area contributed by atoms with Gasteiger partial charge in [0.1, 0.15) is 23.6 Å². The molecule has 0 radical (unpaired) electrons. The number of fused-ring (bicyclic) bond motifs is 1. The van der Waals surface area contributed by atoms with Crippen LogP contribution in [0.1, 0.15) is 29.6 Å². The summed E-state index contributed by atoms with van der Waals surface area (Å²) in [6.07, 6.45) is 2.38. The maximum absolute atomic E-state index is 5.63. The molecule has 0 unspecified atom stereocenters. The molecule has 0 amide bonds. The normalized spacial score (nSPS) is 18.3. The molecule has 0 fully saturated rings. The van der Waals surface area contributed by atoms with Crippen LogP contribution in [0.4, 0.5) is 5.95 Å². The molecule has 1 N–H and O–H groups in total. The molecule has 140 valence electrons. The Morgan fingerprint density at radius 1 is 0.963 bits per heavy atom. The number of benzene rings is 2. The summed E-state index contributed by atoms with van der Waals surface area (Å²) in [5.74, 6) is 3.11. The molecule has 27 heavy (non-hydrogen) atoms. The van der Waals surface area contributed by atoms with Gasteiger partial charge in [-0.1, -0.05) is 12.1 Å². The van der Waals surface area contributed by atoms with Gasteiger partial charge in [0, 0.05) is 11.6 Å². The van der Waals surface area contributed by atoms with Gasteiger partial charge in [-0.3, -0.25) is 0 Å². The van der Waals surface area contributed by atoms with Crippen molar-refractivity contribution < 1.29 is 14.2 Å². The highest BCUT2D eigenvalue weighted by molar-refractivity contribution is 5.46. The van der Waals surface area contributed by atoms with Crippen LogP contribution in [0.5, 0.6) is 17.2 Å². The molecule has 0 saturated heterocycles. The van der Waals surface area contributed by atoms with E-state index in [4.69, 9.17) is 14.2 Å². The molecule has 2 aromatic carbocycles. The second-order valence-corrected chi connectivity index (χ2v) is 6.36. The number of aromatic nitrogens is 3. The molecule has 2 heterocycles. The minimum atomic E-state index is -0.00305. The third-order valence-corrected chi connectivity index (χ3v) is 4.95. The molecule has 0 bridgehead atoms. The lowest BCUT2D eigenvalue weighted by molar-refractivity contribution is 0.371. The Labute approximate surface area is 157 Å². The van der Waals surface area contributed by atoms with Crippen LogP contribution in [-0.4, -0.2) is 36.1 Å². The third kappa shape index (κ3) is 3.16. The number of anilines is 1. The molecule has 2 atom stereocenters. The van der Waals surface area contributed by atoms with E-state index in [1.165, 1.54) is 5.56 Å². The van der Waals surface area contributed by atoms with Gasteiger partial charge >= 0.3 is 0 Å². The first-order valence-electron chi connectivity index (χ1n) is 8.75. The van der Waals surface area contributed by atoms with E-state index < -0.39 is 0 Å². The molecule has 1 aromatic heterocycles. The first-order chi connectivity index (χ1) is 13.2. The first-order valence-corrected chi connectivity index (χ1v) is 8.75. The van der Waals surface area contributed by atoms with Gasteiger partial charge in [-0.25, -0.2) is 4.68 Å². The van der Waals surface area contributed by atoms with Crippen LogP contribution in [-0.2, 0) is 0 Å². The minimum absolute atomic E-state index is 0.00305. The van der Waals surface area contributed by atoms with Crippen LogP contribution in [0, 0.1) is 0 Å². The van der Waals surface area contributed by atoms with Gasteiger partial charge in [-0.2, -0.15) is 10.1 Å². The number of ether oxygens (including phenoxy) is 3. The van der Waals surface area contributed by atoms with E-state index in [1.807, 2.05) is 35.0 Å². The monoisotopic (exact) mass is 366 g/mol. The zero-order chi connectivity index (χ0) is 18.8. The Kier molecular flexibility index (Phi) is 4.58. The van der Waals surface area contributed by atoms with Crippen LogP contribution < -0.4 is 19.5 Å². The molecule has 0 aliphatic carbocycles. The summed E-state index contributed by atoms with van der Waals surface area (Å²) in [5.41, 5.74) is 2.22. The number of hydrogen-bond donors (Lipinski definition) is 1. The molecule has 7 nitrogen and oxygen atoms in total. The molecule has 0 spiro atoms. The number of hydrogen-bond acceptors (Lipinski definition) is 6. The standard InChI is InChI=1S/C20H22N4O3/c1-25-14-6-4-13(5-7-14)17-11-18(24-20(23-17)21-12-22-24)16-9-8-15(26-2)10-19(16)27-3/h4-10,12,17-18H,11H2,1-3H3,(H,21,22,23)/t17-,18-/m0/s1. The van der Waals surface area contributed by atoms with E-state index in [0.717, 1.165) is 35.2 Å². The number of methoxy groups -OCH3 is 3. The SMILES string of the molecule is COc1ccc([C@@H]2C[C@@H](c3ccc(OC)cc3OC)n3ncnc3N2)cc1. The summed E-state index contributed by atoms with van der Waals surface area (Å²) in [7, 11) is 4.99. The number of rotatable bonds is 5. The second-order valence-electron chi connectivity index (χ2n) is 6.36. The number of nitrogens with zero attached hydrogens (tertiary/aromatic N) is 3. The van der Waals surface area contributed by atoms with Crippen molar-refractivity contribution in [2.45, 2.75) is 18.5 Å². The molecule has 0 saturated carbocycles. The highest BCUT2D eigenvalue weighted by Gasteiger charge is 2.31. The lowest BCUT2D eigenvalue weighted by Crippen LogP contribution is -2.28. The van der Waals surface area contributed by atoms with Gasteiger partial charge in [0.05, 0.1) is 33.4 Å². The molecule has 3 aromatic rings. The smallest absolute Gasteiger partial charge is 0.222 e. The van der Waals surface area contributed by atoms with Crippen LogP contribution in [0.25, 0.3) is 0 Å². The summed E-state index contributed by atoms with van der Waals surface area (Å²) in [5, 5.41) is 7.90. The van der Waals surface area contributed by atoms with E-state index in [2.05, 4.69) is 27.5 Å². The predicted octanol–water partition coefficient (Wildman–Crippen LogP) is 3.45. The largest absolute Gasteiger partial charge is 0.497 e. The summed E-state index contributed by atoms with van der Waals surface area (Å²) >= 11 is 0. The Morgan fingerprint density at radius 3 is 2.41 bits per heavy atom. The van der Waals surface area contributed by atoms with E-state index in [-0.39, 0.29) is 12.1 Å². The molecule has 7 heteroatoms. The average Bonchev–Trinajstić information content (AvgIpc) is 3.21. The van der Waals surface area contributed by atoms with E-state index >= 15 is 0 Å². The summed E-state index contributed by atoms with van der Waals surface area (Å²) in [4.78, 5) is 4.38. The lowest BCUT2D eigenvalue weighted by Gasteiger charge is -2.32. The summed E-state index contributed by atoms with van der Waals surface area (Å²) < 4.78 is 18.1. The average molecular weight is 366 g/mol. The van der Waals surface area contributed by atoms with Crippen molar-refractivity contribution in [2.24, 2.45) is 0 Å². The van der Waals surface area contributed by atoms with Crippen molar-refractivity contribution >= 4 is 5.95 Å². The van der Waals surface area contributed by atoms with Crippen molar-refractivity contribution in [1.82, 2.24) is 14.8 Å². The van der Waals surface area contributed by atoms with Gasteiger partial charge in [-0.15, -0.1) is 0 Å². The predicted molar refractivity (Wildman–Crippen MR) is 102 cm³/mol. The minimum Gasteiger partial charge on any atom is -0.497 e. The highest BCUT2D eigenvalue weighted by Crippen LogP contribution is 2.41. The van der Waals surface area contributed by atoms with Crippen LogP contribution in [0.3, 0.4) is 0 Å². The van der Waals surface area contributed by atoms with Crippen LogP contribution in [0.15, 0.2) is 48.8 Å². The Morgan fingerprint density at radius 2 is 1.70 bits per heavy atom. The van der Waals surface area contributed by atoms with E-state index in [1.54, 1.807) is 27.7 Å². The zero-order valence-corrected chi connectivity index (χ0v) is 15.5. The van der Waals surface area contributed by atoms with Crippen molar-refractivity contribution in [3.63, 3.8) is 0 Å². The van der Waals surface area contributed by atoms with Crippen molar-refractivity contribution in [3.05, 3.63) is 59.9 Å². The van der Waals surface area contributed by atoms with Crippen LogP contribution in [0.2, 0.25) is 0 Å². The van der Waals surface area contributed by atoms with E-state index in [9.17, 15) is 0 Å². The van der Waals surface area contributed by atoms with Crippen LogP contribution >= 0.6 is 0 Å². The first kappa shape index (κ1) is 17.2. The van der Waals surface area contributed by atoms with Crippen molar-refractivity contribution in [1.29, 1.82) is 0 Å². The van der Waals surface area contributed by atoms with Crippen molar-refractivity contribution in [3.8, 4) is 17.2 Å². The Balaban J connectivity index is 1.72. The quantitative estimate of drug-likeness (QED) is 0.746. The molecule has 1 aliphatic rings. The maximum atomic E-state index is 5.63. The number of nitrogens with one attached hydrogen (secondary N) is 1. The molecule has 1 aliphatic heterocycles. The van der Waals surface area contributed by atoms with Gasteiger partial charge in [0.25, 0.3) is 0 Å². The second kappa shape index (κ2) is 7.19. The topological polar surface area (TPSA) is 70.4 Å². The molecular formula is C20H22N4O3. The van der Waals surface area contributed by atoms with Gasteiger partial charge < -0.3 is 19.5 Å². The van der Waals surface area contributed by atoms with Crippen molar-refractivity contribution in [2.75, 3.05) is 26.6 Å². The molecule has 4 rings (SSSR count). The Hall–Kier alpha value is -3.22. The zero-order valence-electron chi connectivity index (χ0n) is 15.5. The van der Waals surface area contributed by atoms with E-state index in [0.29, 0.717) is 0 Å². The summed E-state index contributed by atoms with van der Waals surface area (Å²) in [6, 6.07) is 14.1. The van der Waals surface area contributed by atoms with Gasteiger partial charge in [-0.05, 0) is 36.2 Å². The Bertz CT molecular complexity index is 923. The summed E-state index contributed by atoms with van der Waals surface area (Å²) in [6.45, 7) is 0. The fraction of sp³-hybridized carbons (Fsp3) is 0.300. The fourth-order valence-corrected chi connectivity index (χ4v) is 3.53. The lowest BCUT2D eigenvalue weighted by atomic mass is 9.92. The fourth-order valence-electron chi connectivity index (χ4n) is 3.53. The highest BCUT2D eigenvalue weighted by atomic mass is 16.5. The maximum Gasteiger partial charge on any atom is 0.222 e. The van der Waals surface area contributed by atoms with Gasteiger partial charge in [0.2, 0.25) is 5.95 Å². The molecular weight excluding hydrogens is 344 g/mol. The third-order valence-electron chi connectivity index (χ3n) is 4.95. The van der Waals surface area contributed by atoms with Gasteiger partial charge in [0.15, 0.2) is 0 Å².